The first kappa shape index (κ1) is 13.4. The molecule has 3 rings (SSSR count). The standard InChI is InChI=1S/C14H22N4O2/c1-13(2,3)20-12(19)18-7-14(8-18)11-10(5-6-16-14)15-9-17(11)4/h9,16H,5-8H2,1-4H3. The van der Waals surface area contributed by atoms with Crippen LogP contribution >= 0.6 is 0 Å². The maximum atomic E-state index is 12.1. The summed E-state index contributed by atoms with van der Waals surface area (Å²) >= 11 is 0. The molecule has 2 aliphatic rings. The molecule has 0 unspecified atom stereocenters. The van der Waals surface area contributed by atoms with Crippen molar-refractivity contribution in [1.29, 1.82) is 0 Å². The van der Waals surface area contributed by atoms with E-state index in [1.165, 1.54) is 5.69 Å². The van der Waals surface area contributed by atoms with Crippen molar-refractivity contribution < 1.29 is 9.53 Å². The molecule has 1 spiro atoms. The first-order valence-corrected chi connectivity index (χ1v) is 7.04. The molecule has 2 aliphatic heterocycles. The van der Waals surface area contributed by atoms with E-state index >= 15 is 0 Å². The van der Waals surface area contributed by atoms with E-state index in [4.69, 9.17) is 4.74 Å². The Labute approximate surface area is 119 Å². The number of amides is 1. The maximum Gasteiger partial charge on any atom is 0.410 e. The lowest BCUT2D eigenvalue weighted by Crippen LogP contribution is -2.70. The number of hydrogen-bond acceptors (Lipinski definition) is 4. The number of fused-ring (bicyclic) bond motifs is 2. The predicted octanol–water partition coefficient (Wildman–Crippen LogP) is 1.01. The van der Waals surface area contributed by atoms with Crippen molar-refractivity contribution in [3.63, 3.8) is 0 Å². The Morgan fingerprint density at radius 2 is 2.15 bits per heavy atom. The molecular weight excluding hydrogens is 256 g/mol. The number of hydrogen-bond donors (Lipinski definition) is 1. The van der Waals surface area contributed by atoms with Crippen molar-refractivity contribution in [3.8, 4) is 0 Å². The summed E-state index contributed by atoms with van der Waals surface area (Å²) in [5.41, 5.74) is 1.77. The summed E-state index contributed by atoms with van der Waals surface area (Å²) in [6.07, 6.45) is 2.57. The Balaban J connectivity index is 1.74. The molecule has 0 aliphatic carbocycles. The van der Waals surface area contributed by atoms with Gasteiger partial charge in [-0.05, 0) is 20.8 Å². The molecule has 0 bridgehead atoms. The van der Waals surface area contributed by atoms with Gasteiger partial charge in [-0.2, -0.15) is 0 Å². The third-order valence-corrected chi connectivity index (χ3v) is 3.86. The number of nitrogens with one attached hydrogen (secondary N) is 1. The van der Waals surface area contributed by atoms with E-state index in [0.29, 0.717) is 13.1 Å². The summed E-state index contributed by atoms with van der Waals surface area (Å²) in [5.74, 6) is 0. The van der Waals surface area contributed by atoms with Gasteiger partial charge in [0.05, 0.1) is 23.3 Å². The van der Waals surface area contributed by atoms with Gasteiger partial charge in [-0.25, -0.2) is 9.78 Å². The van der Waals surface area contributed by atoms with Crippen LogP contribution in [0, 0.1) is 0 Å². The molecule has 1 saturated heterocycles. The molecule has 110 valence electrons. The SMILES string of the molecule is Cn1cnc2c1C1(CN(C(=O)OC(C)(C)C)C1)NCC2. The molecule has 3 heterocycles. The molecule has 1 aromatic rings. The van der Waals surface area contributed by atoms with Gasteiger partial charge in [-0.1, -0.05) is 0 Å². The Hall–Kier alpha value is -1.56. The molecule has 6 nitrogen and oxygen atoms in total. The van der Waals surface area contributed by atoms with E-state index in [1.807, 2.05) is 34.1 Å². The van der Waals surface area contributed by atoms with E-state index in [-0.39, 0.29) is 11.6 Å². The minimum atomic E-state index is -0.447. The quantitative estimate of drug-likeness (QED) is 0.769. The number of likely N-dealkylation sites (tertiary alicyclic amines) is 1. The first-order valence-electron chi connectivity index (χ1n) is 7.04. The molecule has 0 aromatic carbocycles. The van der Waals surface area contributed by atoms with E-state index in [2.05, 4.69) is 14.9 Å². The summed E-state index contributed by atoms with van der Waals surface area (Å²) in [6, 6.07) is 0. The van der Waals surface area contributed by atoms with Crippen LogP contribution in [0.25, 0.3) is 0 Å². The second kappa shape index (κ2) is 4.22. The lowest BCUT2D eigenvalue weighted by molar-refractivity contribution is -0.0214. The minimum absolute atomic E-state index is 0.143. The summed E-state index contributed by atoms with van der Waals surface area (Å²) in [6.45, 7) is 7.87. The maximum absolute atomic E-state index is 12.1. The molecule has 1 aromatic heterocycles. The van der Waals surface area contributed by atoms with Crippen LogP contribution in [0.5, 0.6) is 0 Å². The van der Waals surface area contributed by atoms with Crippen LogP contribution in [0.2, 0.25) is 0 Å². The fraction of sp³-hybridized carbons (Fsp3) is 0.714. The zero-order valence-electron chi connectivity index (χ0n) is 12.6. The van der Waals surface area contributed by atoms with Crippen molar-refractivity contribution in [2.45, 2.75) is 38.3 Å². The lowest BCUT2D eigenvalue weighted by atomic mass is 9.82. The molecule has 1 fully saturated rings. The molecular formula is C14H22N4O2. The average molecular weight is 278 g/mol. The third kappa shape index (κ3) is 2.08. The molecule has 20 heavy (non-hydrogen) atoms. The first-order chi connectivity index (χ1) is 9.31. The summed E-state index contributed by atoms with van der Waals surface area (Å²) < 4.78 is 7.48. The van der Waals surface area contributed by atoms with Crippen LogP contribution in [0.4, 0.5) is 4.79 Å². The highest BCUT2D eigenvalue weighted by Gasteiger charge is 2.51. The van der Waals surface area contributed by atoms with Gasteiger partial charge in [0.1, 0.15) is 5.60 Å². The average Bonchev–Trinajstić information content (AvgIpc) is 2.66. The highest BCUT2D eigenvalue weighted by Crippen LogP contribution is 2.36. The number of imidazole rings is 1. The van der Waals surface area contributed by atoms with Crippen LogP contribution in [0.15, 0.2) is 6.33 Å². The lowest BCUT2D eigenvalue weighted by Gasteiger charge is -2.52. The van der Waals surface area contributed by atoms with Crippen LogP contribution in [0.3, 0.4) is 0 Å². The molecule has 1 N–H and O–H groups in total. The largest absolute Gasteiger partial charge is 0.444 e. The second-order valence-corrected chi connectivity index (χ2v) is 6.75. The van der Waals surface area contributed by atoms with E-state index in [1.54, 1.807) is 4.90 Å². The van der Waals surface area contributed by atoms with Crippen molar-refractivity contribution >= 4 is 6.09 Å². The fourth-order valence-corrected chi connectivity index (χ4v) is 3.10. The molecule has 6 heteroatoms. The van der Waals surface area contributed by atoms with Gasteiger partial charge in [0.2, 0.25) is 0 Å². The van der Waals surface area contributed by atoms with Crippen LogP contribution in [-0.2, 0) is 23.7 Å². The van der Waals surface area contributed by atoms with Crippen molar-refractivity contribution in [1.82, 2.24) is 19.8 Å². The zero-order chi connectivity index (χ0) is 14.5. The molecule has 0 saturated carbocycles. The topological polar surface area (TPSA) is 59.4 Å². The van der Waals surface area contributed by atoms with Crippen molar-refractivity contribution in [3.05, 3.63) is 17.7 Å². The summed E-state index contributed by atoms with van der Waals surface area (Å²) in [5, 5.41) is 3.55. The van der Waals surface area contributed by atoms with E-state index in [0.717, 1.165) is 18.7 Å². The second-order valence-electron chi connectivity index (χ2n) is 6.75. The Bertz CT molecular complexity index is 538. The molecule has 1 amide bonds. The Kier molecular flexibility index (Phi) is 2.83. The van der Waals surface area contributed by atoms with Gasteiger partial charge in [0.25, 0.3) is 0 Å². The van der Waals surface area contributed by atoms with Gasteiger partial charge < -0.3 is 19.5 Å². The van der Waals surface area contributed by atoms with Crippen LogP contribution in [-0.4, -0.2) is 45.8 Å². The number of carbonyl (C=O) groups excluding carboxylic acids is 1. The van der Waals surface area contributed by atoms with Crippen molar-refractivity contribution in [2.24, 2.45) is 7.05 Å². The number of nitrogens with zero attached hydrogens (tertiary/aromatic N) is 3. The van der Waals surface area contributed by atoms with Gasteiger partial charge >= 0.3 is 6.09 Å². The molecule has 0 radical (unpaired) electrons. The predicted molar refractivity (Wildman–Crippen MR) is 74.4 cm³/mol. The molecule has 0 atom stereocenters. The highest BCUT2D eigenvalue weighted by molar-refractivity contribution is 5.70. The minimum Gasteiger partial charge on any atom is -0.444 e. The number of ether oxygens (including phenoxy) is 1. The van der Waals surface area contributed by atoms with Gasteiger partial charge in [0, 0.05) is 33.1 Å². The third-order valence-electron chi connectivity index (χ3n) is 3.86. The van der Waals surface area contributed by atoms with E-state index < -0.39 is 5.60 Å². The monoisotopic (exact) mass is 278 g/mol. The highest BCUT2D eigenvalue weighted by atomic mass is 16.6. The van der Waals surface area contributed by atoms with Gasteiger partial charge in [0.15, 0.2) is 0 Å². The summed E-state index contributed by atoms with van der Waals surface area (Å²) in [4.78, 5) is 18.3. The Morgan fingerprint density at radius 1 is 1.45 bits per heavy atom. The number of aromatic nitrogens is 2. The van der Waals surface area contributed by atoms with Crippen LogP contribution in [0.1, 0.15) is 32.2 Å². The number of aryl methyl sites for hydroxylation is 1. The van der Waals surface area contributed by atoms with Crippen LogP contribution < -0.4 is 5.32 Å². The zero-order valence-corrected chi connectivity index (χ0v) is 12.6. The van der Waals surface area contributed by atoms with Gasteiger partial charge in [-0.15, -0.1) is 0 Å². The number of carbonyl (C=O) groups is 1. The van der Waals surface area contributed by atoms with Crippen molar-refractivity contribution in [2.75, 3.05) is 19.6 Å². The van der Waals surface area contributed by atoms with E-state index in [9.17, 15) is 4.79 Å². The smallest absolute Gasteiger partial charge is 0.410 e. The van der Waals surface area contributed by atoms with Gasteiger partial charge in [-0.3, -0.25) is 0 Å². The fourth-order valence-electron chi connectivity index (χ4n) is 3.10. The summed E-state index contributed by atoms with van der Waals surface area (Å²) in [7, 11) is 2.01. The normalized spacial score (nSPS) is 20.5. The Morgan fingerprint density at radius 3 is 2.80 bits per heavy atom. The number of rotatable bonds is 0.